The SMILES string of the molecule is CC1(C)CCC=C1[C@]1(Oc2ccc3c(c2)OCC3CC(=O)O)CCc2ccccc21. The first-order valence-corrected chi connectivity index (χ1v) is 10.9. The molecule has 2 atom stereocenters. The quantitative estimate of drug-likeness (QED) is 0.659. The molecule has 0 fully saturated rings. The molecule has 0 aromatic heterocycles. The molecule has 0 spiro atoms. The molecule has 0 radical (unpaired) electrons. The number of aliphatic carboxylic acids is 1. The zero-order chi connectivity index (χ0) is 20.9. The molecule has 1 aliphatic heterocycles. The first-order chi connectivity index (χ1) is 14.4. The molecule has 2 aliphatic carbocycles. The third-order valence-corrected chi connectivity index (χ3v) is 7.06. The van der Waals surface area contributed by atoms with Gasteiger partial charge in [0.1, 0.15) is 11.5 Å². The lowest BCUT2D eigenvalue weighted by Crippen LogP contribution is -2.37. The fraction of sp³-hybridized carbons (Fsp3) is 0.423. The second-order valence-electron chi connectivity index (χ2n) is 9.43. The lowest BCUT2D eigenvalue weighted by molar-refractivity contribution is -0.137. The van der Waals surface area contributed by atoms with Gasteiger partial charge in [0.25, 0.3) is 0 Å². The van der Waals surface area contributed by atoms with Gasteiger partial charge in [-0.15, -0.1) is 0 Å². The molecule has 3 aliphatic rings. The third-order valence-electron chi connectivity index (χ3n) is 7.06. The normalized spacial score (nSPS) is 25.9. The average Bonchev–Trinajstić information content (AvgIpc) is 3.38. The summed E-state index contributed by atoms with van der Waals surface area (Å²) in [7, 11) is 0. The Bertz CT molecular complexity index is 1040. The highest BCUT2D eigenvalue weighted by molar-refractivity contribution is 5.69. The Kier molecular flexibility index (Phi) is 4.42. The monoisotopic (exact) mass is 404 g/mol. The maximum atomic E-state index is 11.1. The van der Waals surface area contributed by atoms with E-state index in [1.807, 2.05) is 18.2 Å². The van der Waals surface area contributed by atoms with E-state index < -0.39 is 11.6 Å². The van der Waals surface area contributed by atoms with Gasteiger partial charge in [0.15, 0.2) is 5.60 Å². The average molecular weight is 405 g/mol. The van der Waals surface area contributed by atoms with Crippen LogP contribution in [-0.4, -0.2) is 17.7 Å². The highest BCUT2D eigenvalue weighted by Crippen LogP contribution is 2.55. The lowest BCUT2D eigenvalue weighted by atomic mass is 9.73. The van der Waals surface area contributed by atoms with Gasteiger partial charge in [-0.05, 0) is 48.3 Å². The van der Waals surface area contributed by atoms with Crippen molar-refractivity contribution >= 4 is 5.97 Å². The zero-order valence-electron chi connectivity index (χ0n) is 17.6. The van der Waals surface area contributed by atoms with E-state index in [1.165, 1.54) is 16.7 Å². The van der Waals surface area contributed by atoms with Crippen molar-refractivity contribution in [3.8, 4) is 11.5 Å². The van der Waals surface area contributed by atoms with Crippen LogP contribution in [0.1, 0.15) is 62.1 Å². The van der Waals surface area contributed by atoms with Crippen molar-refractivity contribution in [1.82, 2.24) is 0 Å². The summed E-state index contributed by atoms with van der Waals surface area (Å²) in [5.74, 6) is 0.641. The number of fused-ring (bicyclic) bond motifs is 2. The van der Waals surface area contributed by atoms with Gasteiger partial charge in [0.2, 0.25) is 0 Å². The van der Waals surface area contributed by atoms with E-state index in [-0.39, 0.29) is 17.8 Å². The van der Waals surface area contributed by atoms with Crippen LogP contribution >= 0.6 is 0 Å². The van der Waals surface area contributed by atoms with Gasteiger partial charge in [-0.25, -0.2) is 0 Å². The number of hydrogen-bond acceptors (Lipinski definition) is 3. The van der Waals surface area contributed by atoms with Crippen LogP contribution in [0.2, 0.25) is 0 Å². The van der Waals surface area contributed by atoms with Gasteiger partial charge in [-0.3, -0.25) is 4.79 Å². The number of carboxylic acids is 1. The van der Waals surface area contributed by atoms with Crippen LogP contribution < -0.4 is 9.47 Å². The molecule has 5 rings (SSSR count). The smallest absolute Gasteiger partial charge is 0.304 e. The Hall–Kier alpha value is -2.75. The van der Waals surface area contributed by atoms with E-state index in [1.54, 1.807) is 0 Å². The zero-order valence-corrected chi connectivity index (χ0v) is 17.6. The maximum absolute atomic E-state index is 11.1. The molecule has 1 unspecified atom stereocenters. The summed E-state index contributed by atoms with van der Waals surface area (Å²) in [6, 6.07) is 14.5. The first kappa shape index (κ1) is 19.2. The topological polar surface area (TPSA) is 55.8 Å². The van der Waals surface area contributed by atoms with E-state index in [4.69, 9.17) is 14.6 Å². The predicted molar refractivity (Wildman–Crippen MR) is 115 cm³/mol. The van der Waals surface area contributed by atoms with Crippen LogP contribution in [0.15, 0.2) is 54.1 Å². The summed E-state index contributed by atoms with van der Waals surface area (Å²) in [6.45, 7) is 5.05. The molecule has 1 heterocycles. The van der Waals surface area contributed by atoms with Crippen molar-refractivity contribution < 1.29 is 19.4 Å². The van der Waals surface area contributed by atoms with Gasteiger partial charge < -0.3 is 14.6 Å². The minimum absolute atomic E-state index is 0.0889. The Morgan fingerprint density at radius 1 is 1.20 bits per heavy atom. The molecule has 30 heavy (non-hydrogen) atoms. The molecule has 2 aromatic carbocycles. The van der Waals surface area contributed by atoms with Crippen LogP contribution in [0.5, 0.6) is 11.5 Å². The molecular weight excluding hydrogens is 376 g/mol. The van der Waals surface area contributed by atoms with Crippen molar-refractivity contribution in [2.24, 2.45) is 5.41 Å². The summed E-state index contributed by atoms with van der Waals surface area (Å²) in [6.07, 6.45) is 6.63. The number of benzene rings is 2. The van der Waals surface area contributed by atoms with Crippen molar-refractivity contribution in [2.75, 3.05) is 6.61 Å². The summed E-state index contributed by atoms with van der Waals surface area (Å²) in [5, 5.41) is 9.15. The highest BCUT2D eigenvalue weighted by Gasteiger charge is 2.50. The van der Waals surface area contributed by atoms with Crippen LogP contribution in [-0.2, 0) is 16.8 Å². The minimum Gasteiger partial charge on any atom is -0.492 e. The second kappa shape index (κ2) is 6.90. The van der Waals surface area contributed by atoms with E-state index in [2.05, 4.69) is 44.2 Å². The molecule has 0 bridgehead atoms. The molecule has 0 saturated carbocycles. The highest BCUT2D eigenvalue weighted by atomic mass is 16.5. The molecule has 4 heteroatoms. The number of aryl methyl sites for hydroxylation is 1. The van der Waals surface area contributed by atoms with Gasteiger partial charge in [-0.1, -0.05) is 50.3 Å². The van der Waals surface area contributed by atoms with E-state index in [0.717, 1.165) is 42.7 Å². The largest absolute Gasteiger partial charge is 0.492 e. The van der Waals surface area contributed by atoms with Crippen molar-refractivity contribution in [2.45, 2.75) is 57.5 Å². The Labute approximate surface area is 177 Å². The summed E-state index contributed by atoms with van der Waals surface area (Å²) >= 11 is 0. The number of ether oxygens (including phenoxy) is 2. The van der Waals surface area contributed by atoms with Gasteiger partial charge in [0, 0.05) is 23.1 Å². The summed E-state index contributed by atoms with van der Waals surface area (Å²) in [4.78, 5) is 11.1. The maximum Gasteiger partial charge on any atom is 0.304 e. The summed E-state index contributed by atoms with van der Waals surface area (Å²) < 4.78 is 12.7. The minimum atomic E-state index is -0.798. The van der Waals surface area contributed by atoms with E-state index >= 15 is 0 Å². The Morgan fingerprint density at radius 2 is 2.03 bits per heavy atom. The Morgan fingerprint density at radius 3 is 2.80 bits per heavy atom. The van der Waals surface area contributed by atoms with Gasteiger partial charge in [-0.2, -0.15) is 0 Å². The number of carbonyl (C=O) groups is 1. The van der Waals surface area contributed by atoms with Gasteiger partial charge in [0.05, 0.1) is 13.0 Å². The molecule has 1 N–H and O–H groups in total. The first-order valence-electron chi connectivity index (χ1n) is 10.9. The summed E-state index contributed by atoms with van der Waals surface area (Å²) in [5.41, 5.74) is 4.62. The number of rotatable bonds is 5. The van der Waals surface area contributed by atoms with Gasteiger partial charge >= 0.3 is 5.97 Å². The third kappa shape index (κ3) is 3.01. The van der Waals surface area contributed by atoms with E-state index in [0.29, 0.717) is 6.61 Å². The molecule has 156 valence electrons. The second-order valence-corrected chi connectivity index (χ2v) is 9.43. The van der Waals surface area contributed by atoms with Crippen LogP contribution in [0.25, 0.3) is 0 Å². The van der Waals surface area contributed by atoms with Crippen molar-refractivity contribution in [3.05, 3.63) is 70.8 Å². The number of allylic oxidation sites excluding steroid dienone is 1. The molecule has 0 saturated heterocycles. The van der Waals surface area contributed by atoms with E-state index in [9.17, 15) is 4.79 Å². The van der Waals surface area contributed by atoms with Crippen LogP contribution in [0.3, 0.4) is 0 Å². The number of carboxylic acid groups (broad SMARTS) is 1. The predicted octanol–water partition coefficient (Wildman–Crippen LogP) is 5.60. The lowest BCUT2D eigenvalue weighted by Gasteiger charge is -2.39. The van der Waals surface area contributed by atoms with Crippen molar-refractivity contribution in [1.29, 1.82) is 0 Å². The van der Waals surface area contributed by atoms with Crippen LogP contribution in [0, 0.1) is 5.41 Å². The number of hydrogen-bond donors (Lipinski definition) is 1. The Balaban J connectivity index is 1.53. The standard InChI is InChI=1S/C26H28O4/c1-25(2)12-5-8-23(25)26(13-11-17-6-3-4-7-21(17)26)30-19-9-10-20-18(14-24(27)28)16-29-22(20)15-19/h3-4,6-10,15,18H,5,11-14,16H2,1-2H3,(H,27,28)/t18?,26-/m0/s1. The van der Waals surface area contributed by atoms with Crippen molar-refractivity contribution in [3.63, 3.8) is 0 Å². The fourth-order valence-electron chi connectivity index (χ4n) is 5.62. The fourth-order valence-corrected chi connectivity index (χ4v) is 5.62. The molecular formula is C26H28O4. The molecule has 4 nitrogen and oxygen atoms in total. The molecule has 0 amide bonds. The molecule has 2 aromatic rings. The van der Waals surface area contributed by atoms with Crippen LogP contribution in [0.4, 0.5) is 0 Å².